The number of carbonyl (C=O) groups is 1. The van der Waals surface area contributed by atoms with Crippen LogP contribution in [0.15, 0.2) is 12.7 Å². The van der Waals surface area contributed by atoms with E-state index in [1.165, 1.54) is 57.8 Å². The van der Waals surface area contributed by atoms with Crippen molar-refractivity contribution in [2.45, 2.75) is 78.1 Å². The molecule has 0 aromatic rings. The second kappa shape index (κ2) is 5.46. The molecule has 0 amide bonds. The molecular weight excluding hydrogens is 280 g/mol. The molecule has 0 saturated heterocycles. The Hall–Kier alpha value is -0.590. The van der Waals surface area contributed by atoms with Crippen molar-refractivity contribution in [3.05, 3.63) is 12.7 Å². The first-order valence-corrected chi connectivity index (χ1v) is 10.2. The number of hydrogen-bond acceptors (Lipinski definition) is 1. The first-order chi connectivity index (χ1) is 11.0. The zero-order chi connectivity index (χ0) is 16.2. The molecule has 4 fully saturated rings. The summed E-state index contributed by atoms with van der Waals surface area (Å²) in [5.74, 6) is 4.25. The molecule has 4 rings (SSSR count). The molecule has 1 unspecified atom stereocenters. The highest BCUT2D eigenvalue weighted by molar-refractivity contribution is 5.84. The molecule has 0 aromatic heterocycles. The molecule has 0 bridgehead atoms. The minimum Gasteiger partial charge on any atom is -0.299 e. The van der Waals surface area contributed by atoms with E-state index in [1.807, 2.05) is 6.92 Å². The average Bonchev–Trinajstić information content (AvgIpc) is 2.94. The number of fused-ring (bicyclic) bond motifs is 5. The van der Waals surface area contributed by atoms with Crippen molar-refractivity contribution in [1.29, 1.82) is 0 Å². The number of rotatable bonds is 2. The Labute approximate surface area is 142 Å². The Morgan fingerprint density at radius 1 is 1.00 bits per heavy atom. The zero-order valence-corrected chi connectivity index (χ0v) is 15.2. The maximum absolute atomic E-state index is 12.8. The number of Topliss-reactive ketones (excluding diaryl/α,β-unsaturated/α-hetero) is 1. The minimum atomic E-state index is -0.0409. The van der Waals surface area contributed by atoms with Gasteiger partial charge in [-0.2, -0.15) is 0 Å². The molecule has 0 aromatic carbocycles. The predicted molar refractivity (Wildman–Crippen MR) is 95.0 cm³/mol. The van der Waals surface area contributed by atoms with Crippen LogP contribution >= 0.6 is 0 Å². The Morgan fingerprint density at radius 3 is 2.57 bits per heavy atom. The van der Waals surface area contributed by atoms with Gasteiger partial charge >= 0.3 is 0 Å². The van der Waals surface area contributed by atoms with Crippen LogP contribution in [0.4, 0.5) is 0 Å². The van der Waals surface area contributed by atoms with Gasteiger partial charge in [-0.05, 0) is 93.3 Å². The Bertz CT molecular complexity index is 508. The molecule has 0 spiro atoms. The minimum absolute atomic E-state index is 0.0409. The highest BCUT2D eigenvalue weighted by Gasteiger charge is 2.62. The summed E-state index contributed by atoms with van der Waals surface area (Å²) in [6.45, 7) is 8.59. The summed E-state index contributed by atoms with van der Waals surface area (Å²) in [6.07, 6.45) is 15.7. The van der Waals surface area contributed by atoms with Crippen molar-refractivity contribution in [1.82, 2.24) is 0 Å². The van der Waals surface area contributed by atoms with Gasteiger partial charge in [-0.3, -0.25) is 4.79 Å². The van der Waals surface area contributed by atoms with Gasteiger partial charge in [-0.1, -0.05) is 25.8 Å². The van der Waals surface area contributed by atoms with Crippen LogP contribution in [0.3, 0.4) is 0 Å². The van der Waals surface area contributed by atoms with Gasteiger partial charge < -0.3 is 0 Å². The van der Waals surface area contributed by atoms with Gasteiger partial charge in [0.2, 0.25) is 0 Å². The molecule has 4 saturated carbocycles. The van der Waals surface area contributed by atoms with Gasteiger partial charge in [0, 0.05) is 5.41 Å². The second-order valence-corrected chi connectivity index (χ2v) is 9.46. The predicted octanol–water partition coefficient (Wildman–Crippen LogP) is 5.79. The lowest BCUT2D eigenvalue weighted by Crippen LogP contribution is -2.55. The van der Waals surface area contributed by atoms with E-state index in [4.69, 9.17) is 0 Å². The number of hydrogen-bond donors (Lipinski definition) is 0. The fourth-order valence-corrected chi connectivity index (χ4v) is 8.04. The summed E-state index contributed by atoms with van der Waals surface area (Å²) < 4.78 is 0. The second-order valence-electron chi connectivity index (χ2n) is 9.46. The molecule has 0 radical (unpaired) electrons. The molecule has 1 nitrogen and oxygen atoms in total. The van der Waals surface area contributed by atoms with E-state index in [-0.39, 0.29) is 5.41 Å². The van der Waals surface area contributed by atoms with Crippen molar-refractivity contribution in [2.75, 3.05) is 0 Å². The molecule has 23 heavy (non-hydrogen) atoms. The average molecular weight is 315 g/mol. The van der Waals surface area contributed by atoms with Crippen LogP contribution in [0.1, 0.15) is 78.1 Å². The lowest BCUT2D eigenvalue weighted by atomic mass is 9.44. The lowest BCUT2D eigenvalue weighted by Gasteiger charge is -2.60. The number of ketones is 1. The smallest absolute Gasteiger partial charge is 0.136 e. The normalized spacial score (nSPS) is 52.2. The van der Waals surface area contributed by atoms with Crippen LogP contribution in [0.2, 0.25) is 0 Å². The maximum atomic E-state index is 12.8. The van der Waals surface area contributed by atoms with Crippen molar-refractivity contribution < 1.29 is 4.79 Å². The SMILES string of the molecule is C=C[C@H]1CC[C@H]2[C@@H]3CC[C@H]4CCCC[C@]4(C)[C@H]3CCC12C(C)=O. The van der Waals surface area contributed by atoms with E-state index in [9.17, 15) is 4.79 Å². The molecular formula is C22H34O. The van der Waals surface area contributed by atoms with Gasteiger partial charge in [0.15, 0.2) is 0 Å². The van der Waals surface area contributed by atoms with Crippen LogP contribution in [0, 0.1) is 40.4 Å². The van der Waals surface area contributed by atoms with Gasteiger partial charge in [0.05, 0.1) is 0 Å². The molecule has 0 heterocycles. The van der Waals surface area contributed by atoms with E-state index in [1.54, 1.807) is 0 Å². The summed E-state index contributed by atoms with van der Waals surface area (Å²) in [5, 5.41) is 0. The highest BCUT2D eigenvalue weighted by Crippen LogP contribution is 2.67. The summed E-state index contributed by atoms with van der Waals surface area (Å²) in [6, 6.07) is 0. The van der Waals surface area contributed by atoms with Gasteiger partial charge in [-0.15, -0.1) is 6.58 Å². The van der Waals surface area contributed by atoms with Crippen molar-refractivity contribution in [3.8, 4) is 0 Å². The molecule has 1 heteroatoms. The summed E-state index contributed by atoms with van der Waals surface area (Å²) in [5.41, 5.74) is 0.539. The monoisotopic (exact) mass is 314 g/mol. The van der Waals surface area contributed by atoms with E-state index in [2.05, 4.69) is 19.6 Å². The highest BCUT2D eigenvalue weighted by atomic mass is 16.1. The van der Waals surface area contributed by atoms with E-state index >= 15 is 0 Å². The molecule has 4 aliphatic carbocycles. The Morgan fingerprint density at radius 2 is 1.83 bits per heavy atom. The topological polar surface area (TPSA) is 17.1 Å². The summed E-state index contributed by atoms with van der Waals surface area (Å²) >= 11 is 0. The van der Waals surface area contributed by atoms with E-state index in [0.29, 0.717) is 23.0 Å². The van der Waals surface area contributed by atoms with Crippen LogP contribution in [0.5, 0.6) is 0 Å². The molecule has 0 N–H and O–H groups in total. The third-order valence-corrected chi connectivity index (χ3v) is 9.10. The zero-order valence-electron chi connectivity index (χ0n) is 15.2. The fraction of sp³-hybridized carbons (Fsp3) is 0.864. The van der Waals surface area contributed by atoms with Crippen LogP contribution < -0.4 is 0 Å². The third kappa shape index (κ3) is 2.01. The van der Waals surface area contributed by atoms with Crippen LogP contribution in [-0.2, 0) is 4.79 Å². The van der Waals surface area contributed by atoms with E-state index < -0.39 is 0 Å². The fourth-order valence-electron chi connectivity index (χ4n) is 8.04. The van der Waals surface area contributed by atoms with Gasteiger partial charge in [0.25, 0.3) is 0 Å². The Balaban J connectivity index is 1.69. The number of allylic oxidation sites excluding steroid dienone is 1. The summed E-state index contributed by atoms with van der Waals surface area (Å²) in [4.78, 5) is 12.8. The quantitative estimate of drug-likeness (QED) is 0.589. The molecule has 0 aliphatic heterocycles. The third-order valence-electron chi connectivity index (χ3n) is 9.10. The first kappa shape index (κ1) is 15.9. The van der Waals surface area contributed by atoms with Crippen molar-refractivity contribution in [3.63, 3.8) is 0 Å². The number of carbonyl (C=O) groups excluding carboxylic acids is 1. The molecule has 4 aliphatic rings. The van der Waals surface area contributed by atoms with Crippen LogP contribution in [0.25, 0.3) is 0 Å². The van der Waals surface area contributed by atoms with Crippen molar-refractivity contribution in [2.24, 2.45) is 40.4 Å². The van der Waals surface area contributed by atoms with Crippen molar-refractivity contribution >= 4 is 5.78 Å². The standard InChI is InChI=1S/C22H34O/c1-4-16-9-11-20-18-10-8-17-7-5-6-13-21(17,3)19(18)12-14-22(16,20)15(2)23/h4,16-20H,1,5-14H2,2-3H3/t16-,17+,18+,19-,20-,21-,22?/m0/s1. The summed E-state index contributed by atoms with van der Waals surface area (Å²) in [7, 11) is 0. The maximum Gasteiger partial charge on any atom is 0.136 e. The molecule has 128 valence electrons. The molecule has 7 atom stereocenters. The largest absolute Gasteiger partial charge is 0.299 e. The van der Waals surface area contributed by atoms with Gasteiger partial charge in [-0.25, -0.2) is 0 Å². The van der Waals surface area contributed by atoms with Gasteiger partial charge in [0.1, 0.15) is 5.78 Å². The van der Waals surface area contributed by atoms with E-state index in [0.717, 1.165) is 24.2 Å². The Kier molecular flexibility index (Phi) is 3.78. The first-order valence-electron chi connectivity index (χ1n) is 10.2. The van der Waals surface area contributed by atoms with Crippen LogP contribution in [-0.4, -0.2) is 5.78 Å². The lowest BCUT2D eigenvalue weighted by molar-refractivity contribution is -0.147.